The van der Waals surface area contributed by atoms with Crippen molar-refractivity contribution >= 4 is 5.65 Å². The number of pyridine rings is 1. The molecule has 0 radical (unpaired) electrons. The maximum absolute atomic E-state index is 4.08. The molecule has 0 spiro atoms. The second-order valence-electron chi connectivity index (χ2n) is 1.89. The van der Waals surface area contributed by atoms with Crippen LogP contribution in [0.3, 0.4) is 0 Å². The fraction of sp³-hybridized carbons (Fsp3) is 0.125. The molecule has 10 heavy (non-hydrogen) atoms. The van der Waals surface area contributed by atoms with Crippen molar-refractivity contribution in [3.8, 4) is 0 Å². The molecule has 2 aromatic rings. The Morgan fingerprint density at radius 1 is 1.20 bits per heavy atom. The summed E-state index contributed by atoms with van der Waals surface area (Å²) < 4.78 is 1.97. The van der Waals surface area contributed by atoms with Gasteiger partial charge in [0, 0.05) is 18.6 Å². The Hall–Kier alpha value is -1.31. The van der Waals surface area contributed by atoms with Gasteiger partial charge in [-0.3, -0.25) is 0 Å². The molecule has 2 aromatic heterocycles. The van der Waals surface area contributed by atoms with Crippen molar-refractivity contribution in [2.45, 2.75) is 7.43 Å². The summed E-state index contributed by atoms with van der Waals surface area (Å²) in [5.41, 5.74) is 0.998. The van der Waals surface area contributed by atoms with Gasteiger partial charge in [0.25, 0.3) is 0 Å². The van der Waals surface area contributed by atoms with Crippen molar-refractivity contribution < 1.29 is 0 Å². The molecule has 0 aliphatic heterocycles. The molecule has 2 nitrogen and oxygen atoms in total. The summed E-state index contributed by atoms with van der Waals surface area (Å²) in [5, 5.41) is 0. The first-order valence-electron chi connectivity index (χ1n) is 2.84. The molecule has 0 N–H and O–H groups in total. The van der Waals surface area contributed by atoms with Crippen LogP contribution in [0.2, 0.25) is 0 Å². The van der Waals surface area contributed by atoms with E-state index in [0.29, 0.717) is 0 Å². The topological polar surface area (TPSA) is 17.3 Å². The Kier molecular flexibility index (Phi) is 1.71. The molecule has 0 atom stereocenters. The molecule has 2 heteroatoms. The standard InChI is InChI=1S/C7H6N2.CH4/c1-2-5-9-6-4-8-7(9)3-1;/h1-6H;1H4. The lowest BCUT2D eigenvalue weighted by molar-refractivity contribution is 1.19. The van der Waals surface area contributed by atoms with Crippen LogP contribution in [0.15, 0.2) is 36.8 Å². The van der Waals surface area contributed by atoms with Gasteiger partial charge < -0.3 is 4.40 Å². The second kappa shape index (κ2) is 2.52. The Morgan fingerprint density at radius 2 is 2.10 bits per heavy atom. The molecule has 2 heterocycles. The Bertz CT molecular complexity index is 281. The van der Waals surface area contributed by atoms with Crippen LogP contribution >= 0.6 is 0 Å². The SMILES string of the molecule is C.c1ccn2ccnc2c1. The number of nitrogens with zero attached hydrogens (tertiary/aromatic N) is 2. The van der Waals surface area contributed by atoms with Crippen molar-refractivity contribution in [3.05, 3.63) is 36.8 Å². The quantitative estimate of drug-likeness (QED) is 0.538. The van der Waals surface area contributed by atoms with E-state index < -0.39 is 0 Å². The molecule has 0 bridgehead atoms. The summed E-state index contributed by atoms with van der Waals surface area (Å²) in [6.07, 6.45) is 5.69. The van der Waals surface area contributed by atoms with Gasteiger partial charge in [0.15, 0.2) is 0 Å². The zero-order valence-electron chi connectivity index (χ0n) is 4.86. The van der Waals surface area contributed by atoms with Crippen LogP contribution in [0.5, 0.6) is 0 Å². The van der Waals surface area contributed by atoms with E-state index in [0.717, 1.165) is 5.65 Å². The third kappa shape index (κ3) is 0.880. The molecule has 0 aliphatic carbocycles. The number of aromatic nitrogens is 2. The normalized spacial score (nSPS) is 9.20. The summed E-state index contributed by atoms with van der Waals surface area (Å²) in [4.78, 5) is 4.08. The van der Waals surface area contributed by atoms with E-state index in [9.17, 15) is 0 Å². The zero-order valence-corrected chi connectivity index (χ0v) is 4.86. The smallest absolute Gasteiger partial charge is 0.136 e. The minimum absolute atomic E-state index is 0. The highest BCUT2D eigenvalue weighted by Crippen LogP contribution is 1.96. The number of fused-ring (bicyclic) bond motifs is 1. The van der Waals surface area contributed by atoms with Gasteiger partial charge in [-0.15, -0.1) is 0 Å². The van der Waals surface area contributed by atoms with Crippen LogP contribution in [-0.4, -0.2) is 9.38 Å². The summed E-state index contributed by atoms with van der Waals surface area (Å²) in [6, 6.07) is 5.93. The first-order chi connectivity index (χ1) is 4.47. The zero-order chi connectivity index (χ0) is 6.10. The molecule has 0 saturated heterocycles. The lowest BCUT2D eigenvalue weighted by atomic mass is 10.5. The predicted molar refractivity (Wildman–Crippen MR) is 41.9 cm³/mol. The molecule has 0 aromatic carbocycles. The van der Waals surface area contributed by atoms with E-state index in [1.807, 2.05) is 35.0 Å². The monoisotopic (exact) mass is 134 g/mol. The fourth-order valence-corrected chi connectivity index (χ4v) is 0.864. The lowest BCUT2D eigenvalue weighted by Crippen LogP contribution is -1.77. The van der Waals surface area contributed by atoms with Crippen molar-refractivity contribution in [1.82, 2.24) is 9.38 Å². The van der Waals surface area contributed by atoms with Gasteiger partial charge in [-0.2, -0.15) is 0 Å². The summed E-state index contributed by atoms with van der Waals surface area (Å²) >= 11 is 0. The Morgan fingerprint density at radius 3 is 2.90 bits per heavy atom. The molecule has 0 unspecified atom stereocenters. The fourth-order valence-electron chi connectivity index (χ4n) is 0.864. The largest absolute Gasteiger partial charge is 0.307 e. The van der Waals surface area contributed by atoms with Crippen molar-refractivity contribution in [2.75, 3.05) is 0 Å². The predicted octanol–water partition coefficient (Wildman–Crippen LogP) is 1.97. The lowest BCUT2D eigenvalue weighted by Gasteiger charge is -1.86. The van der Waals surface area contributed by atoms with Crippen LogP contribution in [0.25, 0.3) is 5.65 Å². The highest BCUT2D eigenvalue weighted by molar-refractivity contribution is 5.36. The van der Waals surface area contributed by atoms with Crippen LogP contribution in [0.1, 0.15) is 7.43 Å². The van der Waals surface area contributed by atoms with E-state index >= 15 is 0 Å². The molecule has 0 saturated carbocycles. The highest BCUT2D eigenvalue weighted by atomic mass is 15.0. The Labute approximate surface area is 60.1 Å². The number of hydrogen-bond acceptors (Lipinski definition) is 1. The number of rotatable bonds is 0. The van der Waals surface area contributed by atoms with E-state index in [1.165, 1.54) is 0 Å². The molecule has 0 amide bonds. The average Bonchev–Trinajstić information content (AvgIpc) is 2.33. The third-order valence-corrected chi connectivity index (χ3v) is 1.30. The minimum atomic E-state index is 0. The molecule has 52 valence electrons. The molecule has 2 rings (SSSR count). The van der Waals surface area contributed by atoms with Gasteiger partial charge in [-0.25, -0.2) is 4.98 Å². The molecular formula is C8H10N2. The third-order valence-electron chi connectivity index (χ3n) is 1.30. The van der Waals surface area contributed by atoms with Crippen molar-refractivity contribution in [3.63, 3.8) is 0 Å². The highest BCUT2D eigenvalue weighted by Gasteiger charge is 1.85. The summed E-state index contributed by atoms with van der Waals surface area (Å²) in [6.45, 7) is 0. The van der Waals surface area contributed by atoms with E-state index in [2.05, 4.69) is 4.98 Å². The average molecular weight is 134 g/mol. The molecule has 0 aliphatic rings. The van der Waals surface area contributed by atoms with E-state index in [-0.39, 0.29) is 7.43 Å². The van der Waals surface area contributed by atoms with Crippen molar-refractivity contribution in [1.29, 1.82) is 0 Å². The van der Waals surface area contributed by atoms with Gasteiger partial charge in [-0.05, 0) is 12.1 Å². The van der Waals surface area contributed by atoms with Crippen LogP contribution in [0.4, 0.5) is 0 Å². The van der Waals surface area contributed by atoms with Crippen LogP contribution < -0.4 is 0 Å². The maximum Gasteiger partial charge on any atom is 0.136 e. The van der Waals surface area contributed by atoms with Gasteiger partial charge in [0.1, 0.15) is 5.65 Å². The molecular weight excluding hydrogens is 124 g/mol. The van der Waals surface area contributed by atoms with Gasteiger partial charge in [0.05, 0.1) is 0 Å². The number of hydrogen-bond donors (Lipinski definition) is 0. The number of imidazole rings is 1. The van der Waals surface area contributed by atoms with Crippen LogP contribution in [0, 0.1) is 0 Å². The Balaban J connectivity index is 0.000000500. The van der Waals surface area contributed by atoms with E-state index in [4.69, 9.17) is 0 Å². The van der Waals surface area contributed by atoms with Gasteiger partial charge in [-0.1, -0.05) is 13.5 Å². The van der Waals surface area contributed by atoms with Crippen LogP contribution in [-0.2, 0) is 0 Å². The minimum Gasteiger partial charge on any atom is -0.307 e. The van der Waals surface area contributed by atoms with E-state index in [1.54, 1.807) is 6.20 Å². The summed E-state index contributed by atoms with van der Waals surface area (Å²) in [7, 11) is 0. The molecule has 0 fully saturated rings. The first-order valence-corrected chi connectivity index (χ1v) is 2.84. The van der Waals surface area contributed by atoms with Gasteiger partial charge in [0.2, 0.25) is 0 Å². The second-order valence-corrected chi connectivity index (χ2v) is 1.89. The van der Waals surface area contributed by atoms with Crippen molar-refractivity contribution in [2.24, 2.45) is 0 Å². The maximum atomic E-state index is 4.08. The van der Waals surface area contributed by atoms with Gasteiger partial charge >= 0.3 is 0 Å². The summed E-state index contributed by atoms with van der Waals surface area (Å²) in [5.74, 6) is 0. The first kappa shape index (κ1) is 6.81.